The van der Waals surface area contributed by atoms with E-state index in [1.54, 1.807) is 30.5 Å². The van der Waals surface area contributed by atoms with Gasteiger partial charge in [-0.3, -0.25) is 9.59 Å². The van der Waals surface area contributed by atoms with Crippen LogP contribution in [0.3, 0.4) is 0 Å². The van der Waals surface area contributed by atoms with Crippen LogP contribution in [0.25, 0.3) is 23.0 Å². The van der Waals surface area contributed by atoms with Gasteiger partial charge >= 0.3 is 0 Å². The van der Waals surface area contributed by atoms with Gasteiger partial charge in [0.25, 0.3) is 0 Å². The van der Waals surface area contributed by atoms with Gasteiger partial charge in [0.1, 0.15) is 12.2 Å². The third-order valence-electron chi connectivity index (χ3n) is 6.46. The first-order chi connectivity index (χ1) is 18.5. The van der Waals surface area contributed by atoms with E-state index in [1.165, 1.54) is 17.1 Å². The normalized spacial score (nSPS) is 18.1. The minimum absolute atomic E-state index is 0.0130. The molecule has 3 heterocycles. The van der Waals surface area contributed by atoms with E-state index < -0.39 is 0 Å². The maximum Gasteiger partial charge on any atom is 0.244 e. The molecular weight excluding hydrogens is 504 g/mol. The molecule has 2 aromatic carbocycles. The summed E-state index contributed by atoms with van der Waals surface area (Å²) in [6, 6.07) is 12.5. The van der Waals surface area contributed by atoms with Crippen molar-refractivity contribution in [1.82, 2.24) is 35.5 Å². The first kappa shape index (κ1) is 25.3. The summed E-state index contributed by atoms with van der Waals surface area (Å²) in [5.74, 6) is 0.580. The maximum atomic E-state index is 13.0. The molecular formula is C27H27ClN8O2. The van der Waals surface area contributed by atoms with E-state index in [9.17, 15) is 9.59 Å². The number of rotatable bonds is 4. The number of imidazole rings is 1. The van der Waals surface area contributed by atoms with Crippen molar-refractivity contribution in [3.63, 3.8) is 0 Å². The van der Waals surface area contributed by atoms with Gasteiger partial charge in [0.05, 0.1) is 29.3 Å². The van der Waals surface area contributed by atoms with Crippen molar-refractivity contribution < 1.29 is 9.59 Å². The first-order valence-electron chi connectivity index (χ1n) is 12.4. The lowest BCUT2D eigenvalue weighted by molar-refractivity contribution is -0.117. The molecule has 1 aliphatic rings. The lowest BCUT2D eigenvalue weighted by Gasteiger charge is -2.17. The summed E-state index contributed by atoms with van der Waals surface area (Å²) >= 11 is 6.20. The Morgan fingerprint density at radius 1 is 1.21 bits per heavy atom. The highest BCUT2D eigenvalue weighted by atomic mass is 35.5. The van der Waals surface area contributed by atoms with Gasteiger partial charge in [0.2, 0.25) is 11.8 Å². The number of carbonyl (C=O) groups is 2. The molecule has 11 heteroatoms. The molecule has 2 bridgehead atoms. The zero-order valence-electron chi connectivity index (χ0n) is 20.8. The van der Waals surface area contributed by atoms with Crippen LogP contribution in [0.4, 0.5) is 5.69 Å². The number of aromatic nitrogens is 6. The highest BCUT2D eigenvalue weighted by Crippen LogP contribution is 2.30. The summed E-state index contributed by atoms with van der Waals surface area (Å²) < 4.78 is 1.51. The number of tetrazole rings is 1. The summed E-state index contributed by atoms with van der Waals surface area (Å²) in [4.78, 5) is 33.6. The van der Waals surface area contributed by atoms with Crippen molar-refractivity contribution in [1.29, 1.82) is 0 Å². The molecule has 0 saturated carbocycles. The van der Waals surface area contributed by atoms with Gasteiger partial charge in [-0.15, -0.1) is 5.10 Å². The average Bonchev–Trinajstić information content (AvgIpc) is 3.60. The number of aromatic amines is 1. The van der Waals surface area contributed by atoms with Crippen LogP contribution in [0.15, 0.2) is 61.1 Å². The van der Waals surface area contributed by atoms with Crippen LogP contribution >= 0.6 is 11.6 Å². The summed E-state index contributed by atoms with van der Waals surface area (Å²) in [6.07, 6.45) is 9.13. The molecule has 5 rings (SSSR count). The molecule has 194 valence electrons. The highest BCUT2D eigenvalue weighted by Gasteiger charge is 2.21. The fraction of sp³-hybridized carbons (Fsp3) is 0.259. The fourth-order valence-electron chi connectivity index (χ4n) is 4.57. The maximum absolute atomic E-state index is 13.0. The Labute approximate surface area is 224 Å². The van der Waals surface area contributed by atoms with E-state index in [4.69, 9.17) is 11.6 Å². The van der Waals surface area contributed by atoms with Gasteiger partial charge in [-0.25, -0.2) is 4.98 Å². The largest absolute Gasteiger partial charge is 0.343 e. The van der Waals surface area contributed by atoms with Crippen molar-refractivity contribution in [3.8, 4) is 16.9 Å². The number of nitrogens with zero attached hydrogens (tertiary/aromatic N) is 5. The fourth-order valence-corrected chi connectivity index (χ4v) is 4.75. The molecule has 2 atom stereocenters. The molecule has 4 aromatic rings. The molecule has 0 saturated heterocycles. The lowest BCUT2D eigenvalue weighted by Crippen LogP contribution is -2.28. The molecule has 0 aliphatic carbocycles. The monoisotopic (exact) mass is 530 g/mol. The number of amides is 2. The Hall–Kier alpha value is -4.31. The zero-order valence-corrected chi connectivity index (χ0v) is 21.5. The second-order valence-electron chi connectivity index (χ2n) is 9.37. The number of carbonyl (C=O) groups excluding carboxylic acids is 2. The third-order valence-corrected chi connectivity index (χ3v) is 6.69. The minimum Gasteiger partial charge on any atom is -0.343 e. The van der Waals surface area contributed by atoms with Crippen molar-refractivity contribution in [2.45, 2.75) is 38.6 Å². The molecule has 3 N–H and O–H groups in total. The van der Waals surface area contributed by atoms with E-state index in [0.717, 1.165) is 29.8 Å². The summed E-state index contributed by atoms with van der Waals surface area (Å²) in [5, 5.41) is 17.9. The number of H-pyrrole nitrogens is 1. The van der Waals surface area contributed by atoms with Crippen LogP contribution in [-0.4, -0.2) is 42.0 Å². The summed E-state index contributed by atoms with van der Waals surface area (Å²) in [6.45, 7) is 2.07. The van der Waals surface area contributed by atoms with Gasteiger partial charge in [-0.05, 0) is 53.1 Å². The van der Waals surface area contributed by atoms with E-state index >= 15 is 0 Å². The van der Waals surface area contributed by atoms with Crippen molar-refractivity contribution >= 4 is 35.2 Å². The number of benzene rings is 2. The van der Waals surface area contributed by atoms with Crippen LogP contribution < -0.4 is 10.6 Å². The molecule has 2 amide bonds. The Kier molecular flexibility index (Phi) is 7.60. The van der Waals surface area contributed by atoms with E-state index in [1.807, 2.05) is 24.3 Å². The lowest BCUT2D eigenvalue weighted by atomic mass is 9.98. The van der Waals surface area contributed by atoms with Gasteiger partial charge in [-0.1, -0.05) is 49.6 Å². The SMILES string of the molecule is CC1CCC[C@H](NC(=O)C=Cc2cc(Cl)ccc2-n2cnnn2)c2ncc([nH]2)-c2ccccc2NC(=O)C1. The van der Waals surface area contributed by atoms with Gasteiger partial charge < -0.3 is 15.6 Å². The number of nitrogens with one attached hydrogen (secondary N) is 3. The Morgan fingerprint density at radius 3 is 2.92 bits per heavy atom. The quantitative estimate of drug-likeness (QED) is 0.327. The van der Waals surface area contributed by atoms with E-state index in [0.29, 0.717) is 34.9 Å². The molecule has 1 aliphatic heterocycles. The number of fused-ring (bicyclic) bond motifs is 4. The van der Waals surface area contributed by atoms with Gasteiger partial charge in [-0.2, -0.15) is 4.68 Å². The standard InChI is InChI=1S/C27H27ClN8O2/c1-17-5-4-8-22(27-29-15-23(33-27)20-6-2-3-7-21(20)31-26(38)13-17)32-25(37)12-9-18-14-19(28)10-11-24(18)36-16-30-34-35-36/h2-3,6-7,9-12,14-17,22H,4-5,8,13H2,1H3,(H,29,33)(H,31,38)(H,32,37)/t17?,22-/m0/s1. The molecule has 0 spiro atoms. The second kappa shape index (κ2) is 11.4. The molecule has 10 nitrogen and oxygen atoms in total. The van der Waals surface area contributed by atoms with Crippen LogP contribution in [0.1, 0.15) is 50.0 Å². The van der Waals surface area contributed by atoms with E-state index in [2.05, 4.69) is 43.1 Å². The highest BCUT2D eigenvalue weighted by molar-refractivity contribution is 6.30. The van der Waals surface area contributed by atoms with Crippen LogP contribution in [-0.2, 0) is 9.59 Å². The number of anilines is 1. The van der Waals surface area contributed by atoms with Crippen LogP contribution in [0.5, 0.6) is 0 Å². The van der Waals surface area contributed by atoms with Crippen molar-refractivity contribution in [2.24, 2.45) is 5.92 Å². The van der Waals surface area contributed by atoms with Crippen LogP contribution in [0.2, 0.25) is 5.02 Å². The third kappa shape index (κ3) is 5.97. The zero-order chi connectivity index (χ0) is 26.5. The second-order valence-corrected chi connectivity index (χ2v) is 9.80. The number of hydrogen-bond acceptors (Lipinski definition) is 6. The predicted octanol–water partition coefficient (Wildman–Crippen LogP) is 4.73. The number of hydrogen-bond donors (Lipinski definition) is 3. The average molecular weight is 531 g/mol. The molecule has 1 unspecified atom stereocenters. The predicted molar refractivity (Wildman–Crippen MR) is 144 cm³/mol. The number of halogens is 1. The summed E-state index contributed by atoms with van der Waals surface area (Å²) in [7, 11) is 0. The Morgan fingerprint density at radius 2 is 2.08 bits per heavy atom. The van der Waals surface area contributed by atoms with Crippen LogP contribution in [0, 0.1) is 5.92 Å². The van der Waals surface area contributed by atoms with Crippen molar-refractivity contribution in [2.75, 3.05) is 5.32 Å². The molecule has 0 radical (unpaired) electrons. The Balaban J connectivity index is 1.39. The van der Waals surface area contributed by atoms with Crippen molar-refractivity contribution in [3.05, 3.63) is 77.5 Å². The Bertz CT molecular complexity index is 1460. The smallest absolute Gasteiger partial charge is 0.244 e. The van der Waals surface area contributed by atoms with Gasteiger partial charge in [0.15, 0.2) is 0 Å². The van der Waals surface area contributed by atoms with E-state index in [-0.39, 0.29) is 23.8 Å². The van der Waals surface area contributed by atoms with Gasteiger partial charge in [0, 0.05) is 28.6 Å². The molecule has 2 aromatic heterocycles. The topological polar surface area (TPSA) is 130 Å². The molecule has 38 heavy (non-hydrogen) atoms. The first-order valence-corrected chi connectivity index (χ1v) is 12.8. The number of para-hydroxylation sites is 1. The summed E-state index contributed by atoms with van der Waals surface area (Å²) in [5.41, 5.74) is 3.72. The molecule has 0 fully saturated rings. The minimum atomic E-state index is -0.331.